The van der Waals surface area contributed by atoms with Gasteiger partial charge >= 0.3 is 0 Å². The van der Waals surface area contributed by atoms with Crippen LogP contribution in [-0.2, 0) is 0 Å². The van der Waals surface area contributed by atoms with Gasteiger partial charge in [0.05, 0.1) is 0 Å². The summed E-state index contributed by atoms with van der Waals surface area (Å²) < 4.78 is 1.04. The molecule has 4 heteroatoms. The Balaban J connectivity index is 2.06. The highest BCUT2D eigenvalue weighted by atomic mass is 79.9. The molecule has 1 aliphatic rings. The topological polar surface area (TPSA) is 16.1 Å². The summed E-state index contributed by atoms with van der Waals surface area (Å²) in [6, 6.07) is 4.12. The maximum atomic E-state index is 4.39. The number of aromatic nitrogens is 1. The minimum atomic E-state index is 0.778. The molecule has 1 aromatic rings. The van der Waals surface area contributed by atoms with Crippen LogP contribution >= 0.6 is 31.9 Å². The van der Waals surface area contributed by atoms with E-state index in [0.29, 0.717) is 0 Å². The van der Waals surface area contributed by atoms with Gasteiger partial charge in [-0.3, -0.25) is 0 Å². The van der Waals surface area contributed by atoms with Gasteiger partial charge in [-0.2, -0.15) is 0 Å². The van der Waals surface area contributed by atoms with Crippen molar-refractivity contribution in [2.24, 2.45) is 5.92 Å². The summed E-state index contributed by atoms with van der Waals surface area (Å²) in [6.45, 7) is 2.25. The van der Waals surface area contributed by atoms with Gasteiger partial charge in [0.2, 0.25) is 0 Å². The van der Waals surface area contributed by atoms with Crippen LogP contribution in [0.4, 0.5) is 5.82 Å². The Hall–Kier alpha value is -0.0900. The molecule has 0 radical (unpaired) electrons. The zero-order chi connectivity index (χ0) is 9.97. The van der Waals surface area contributed by atoms with Crippen LogP contribution < -0.4 is 4.90 Å². The van der Waals surface area contributed by atoms with Gasteiger partial charge in [0, 0.05) is 29.1 Å². The molecule has 1 aliphatic heterocycles. The van der Waals surface area contributed by atoms with E-state index in [0.717, 1.165) is 34.6 Å². The van der Waals surface area contributed by atoms with Gasteiger partial charge in [-0.05, 0) is 40.4 Å². The number of alkyl halides is 1. The maximum absolute atomic E-state index is 4.39. The van der Waals surface area contributed by atoms with E-state index in [1.807, 2.05) is 12.3 Å². The van der Waals surface area contributed by atoms with Crippen LogP contribution in [0.2, 0.25) is 0 Å². The summed E-state index contributed by atoms with van der Waals surface area (Å²) in [5.74, 6) is 1.87. The highest BCUT2D eigenvalue weighted by molar-refractivity contribution is 9.10. The van der Waals surface area contributed by atoms with Crippen LogP contribution in [0.25, 0.3) is 0 Å². The van der Waals surface area contributed by atoms with Crippen molar-refractivity contribution < 1.29 is 0 Å². The van der Waals surface area contributed by atoms with Crippen LogP contribution in [-0.4, -0.2) is 23.4 Å². The number of halogens is 2. The molecule has 0 N–H and O–H groups in total. The van der Waals surface area contributed by atoms with Crippen molar-refractivity contribution in [2.45, 2.75) is 6.42 Å². The molecule has 0 aromatic carbocycles. The number of pyridine rings is 1. The fourth-order valence-corrected chi connectivity index (χ4v) is 2.48. The third-order valence-corrected chi connectivity index (χ3v) is 3.92. The lowest BCUT2D eigenvalue weighted by molar-refractivity contribution is 0.675. The average Bonchev–Trinajstić information content (AvgIpc) is 2.67. The van der Waals surface area contributed by atoms with E-state index >= 15 is 0 Å². The lowest BCUT2D eigenvalue weighted by Crippen LogP contribution is -2.20. The minimum absolute atomic E-state index is 0.778. The molecule has 1 aromatic heterocycles. The summed E-state index contributed by atoms with van der Waals surface area (Å²) in [7, 11) is 0. The average molecular weight is 320 g/mol. The van der Waals surface area contributed by atoms with Crippen LogP contribution in [0.15, 0.2) is 22.8 Å². The quantitative estimate of drug-likeness (QED) is 0.779. The summed E-state index contributed by atoms with van der Waals surface area (Å²) in [5, 5.41) is 1.10. The number of anilines is 1. The second kappa shape index (κ2) is 4.62. The molecule has 2 heterocycles. The zero-order valence-corrected chi connectivity index (χ0v) is 11.0. The summed E-state index contributed by atoms with van der Waals surface area (Å²) >= 11 is 6.92. The largest absolute Gasteiger partial charge is 0.356 e. The van der Waals surface area contributed by atoms with Gasteiger partial charge in [0.15, 0.2) is 0 Å². The van der Waals surface area contributed by atoms with E-state index in [1.165, 1.54) is 6.42 Å². The number of hydrogen-bond donors (Lipinski definition) is 0. The molecule has 1 unspecified atom stereocenters. The lowest BCUT2D eigenvalue weighted by Gasteiger charge is -2.16. The van der Waals surface area contributed by atoms with Crippen molar-refractivity contribution in [1.29, 1.82) is 0 Å². The third kappa shape index (κ3) is 2.28. The zero-order valence-electron chi connectivity index (χ0n) is 7.79. The number of hydrogen-bond acceptors (Lipinski definition) is 2. The Labute approximate surface area is 101 Å². The minimum Gasteiger partial charge on any atom is -0.356 e. The Kier molecular flexibility index (Phi) is 3.44. The van der Waals surface area contributed by atoms with Gasteiger partial charge in [-0.1, -0.05) is 15.9 Å². The number of nitrogens with zero attached hydrogens (tertiary/aromatic N) is 2. The molecular formula is C10H12Br2N2. The first-order valence-electron chi connectivity index (χ1n) is 4.72. The highest BCUT2D eigenvalue weighted by Crippen LogP contribution is 2.23. The van der Waals surface area contributed by atoms with Crippen molar-refractivity contribution in [2.75, 3.05) is 23.3 Å². The smallest absolute Gasteiger partial charge is 0.128 e. The molecule has 0 amide bonds. The first kappa shape index (κ1) is 10.4. The van der Waals surface area contributed by atoms with Gasteiger partial charge in [0.1, 0.15) is 5.82 Å². The molecule has 76 valence electrons. The monoisotopic (exact) mass is 318 g/mol. The summed E-state index contributed by atoms with van der Waals surface area (Å²) in [6.07, 6.45) is 3.12. The molecule has 14 heavy (non-hydrogen) atoms. The third-order valence-electron chi connectivity index (χ3n) is 2.54. The Morgan fingerprint density at radius 3 is 2.93 bits per heavy atom. The van der Waals surface area contributed by atoms with Gasteiger partial charge < -0.3 is 4.90 Å². The second-order valence-electron chi connectivity index (χ2n) is 3.59. The Bertz CT molecular complexity index is 299. The van der Waals surface area contributed by atoms with Crippen molar-refractivity contribution in [3.05, 3.63) is 22.8 Å². The highest BCUT2D eigenvalue weighted by Gasteiger charge is 2.22. The van der Waals surface area contributed by atoms with E-state index in [2.05, 4.69) is 47.8 Å². The molecule has 0 bridgehead atoms. The van der Waals surface area contributed by atoms with Crippen LogP contribution in [0.3, 0.4) is 0 Å². The van der Waals surface area contributed by atoms with Crippen molar-refractivity contribution in [3.63, 3.8) is 0 Å². The van der Waals surface area contributed by atoms with Crippen molar-refractivity contribution in [3.8, 4) is 0 Å². The van der Waals surface area contributed by atoms with Crippen LogP contribution in [0.5, 0.6) is 0 Å². The molecule has 0 spiro atoms. The fraction of sp³-hybridized carbons (Fsp3) is 0.500. The lowest BCUT2D eigenvalue weighted by atomic mass is 10.2. The summed E-state index contributed by atoms with van der Waals surface area (Å²) in [5.41, 5.74) is 0. The number of rotatable bonds is 2. The van der Waals surface area contributed by atoms with E-state index in [-0.39, 0.29) is 0 Å². The molecule has 0 saturated carbocycles. The standard InChI is InChI=1S/C10H12Br2N2/c11-5-8-3-4-14(7-8)10-2-1-9(12)6-13-10/h1-2,6,8H,3-5,7H2. The Morgan fingerprint density at radius 2 is 2.36 bits per heavy atom. The van der Waals surface area contributed by atoms with E-state index < -0.39 is 0 Å². The first-order valence-corrected chi connectivity index (χ1v) is 6.63. The molecule has 1 atom stereocenters. The van der Waals surface area contributed by atoms with E-state index in [9.17, 15) is 0 Å². The van der Waals surface area contributed by atoms with Gasteiger partial charge in [-0.15, -0.1) is 0 Å². The predicted molar refractivity (Wildman–Crippen MR) is 66.1 cm³/mol. The van der Waals surface area contributed by atoms with Crippen molar-refractivity contribution >= 4 is 37.7 Å². The van der Waals surface area contributed by atoms with Crippen LogP contribution in [0, 0.1) is 5.92 Å². The fourth-order valence-electron chi connectivity index (χ4n) is 1.72. The van der Waals surface area contributed by atoms with E-state index in [1.54, 1.807) is 0 Å². The predicted octanol–water partition coefficient (Wildman–Crippen LogP) is 3.07. The SMILES string of the molecule is BrCC1CCN(c2ccc(Br)cn2)C1. The molecule has 0 aliphatic carbocycles. The van der Waals surface area contributed by atoms with Crippen LogP contribution in [0.1, 0.15) is 6.42 Å². The normalized spacial score (nSPS) is 21.6. The van der Waals surface area contributed by atoms with Crippen molar-refractivity contribution in [1.82, 2.24) is 4.98 Å². The molecule has 2 rings (SSSR count). The molecule has 1 saturated heterocycles. The van der Waals surface area contributed by atoms with Gasteiger partial charge in [0.25, 0.3) is 0 Å². The summed E-state index contributed by atoms with van der Waals surface area (Å²) in [4.78, 5) is 6.74. The Morgan fingerprint density at radius 1 is 1.50 bits per heavy atom. The first-order chi connectivity index (χ1) is 6.79. The second-order valence-corrected chi connectivity index (χ2v) is 5.15. The van der Waals surface area contributed by atoms with Gasteiger partial charge in [-0.25, -0.2) is 4.98 Å². The molecule has 1 fully saturated rings. The maximum Gasteiger partial charge on any atom is 0.128 e. The van der Waals surface area contributed by atoms with E-state index in [4.69, 9.17) is 0 Å². The molecule has 2 nitrogen and oxygen atoms in total. The molecular weight excluding hydrogens is 308 g/mol.